The van der Waals surface area contributed by atoms with Gasteiger partial charge in [-0.1, -0.05) is 127 Å². The third-order valence-corrected chi connectivity index (χ3v) is 8.38. The van der Waals surface area contributed by atoms with Crippen LogP contribution >= 0.6 is 0 Å². The molecule has 0 unspecified atom stereocenters. The van der Waals surface area contributed by atoms with E-state index in [2.05, 4.69) is 15.0 Å². The number of fused-ring (bicyclic) bond motifs is 9. The number of carbonyl (C=O) groups excluding carboxylic acids is 3. The molecule has 0 amide bonds. The smallest absolute Gasteiger partial charge is 0.543 e. The van der Waals surface area contributed by atoms with Crippen molar-refractivity contribution in [1.82, 2.24) is 15.0 Å². The van der Waals surface area contributed by atoms with E-state index in [1.807, 2.05) is 109 Å². The number of aromatic nitrogens is 3. The van der Waals surface area contributed by atoms with Crippen LogP contribution in [0.4, 0.5) is 0 Å². The molecule has 0 fully saturated rings. The van der Waals surface area contributed by atoms with E-state index in [1.54, 1.807) is 18.2 Å². The van der Waals surface area contributed by atoms with Gasteiger partial charge in [-0.2, -0.15) is 0 Å². The number of hydrogen-bond acceptors (Lipinski definition) is 9. The minimum atomic E-state index is -1.25. The quantitative estimate of drug-likeness (QED) is 0.217. The Morgan fingerprint density at radius 2 is 0.558 bits per heavy atom. The zero-order valence-electron chi connectivity index (χ0n) is 27.0. The van der Waals surface area contributed by atoms with E-state index < -0.39 is 17.9 Å². The van der Waals surface area contributed by atoms with Crippen LogP contribution in [0.25, 0.3) is 65.0 Å². The standard InChI is InChI=1S/3C14H9NO2.Ir/c3*16-14(17)12-8-7-10-6-5-9-3-1-2-4-11(9)13(10)15-12;/h3*1-8H,(H,16,17);/q;;;+3/p-3. The van der Waals surface area contributed by atoms with Crippen molar-refractivity contribution in [3.8, 4) is 0 Å². The number of benzene rings is 6. The predicted molar refractivity (Wildman–Crippen MR) is 191 cm³/mol. The zero-order valence-corrected chi connectivity index (χ0v) is 29.4. The third kappa shape index (κ3) is 7.15. The SMILES string of the molecule is O=C([O-])c1ccc2ccc3ccccc3c2n1.O=C([O-])c1ccc2ccc3ccccc3c2n1.O=C([O-])c1ccc2ccc3ccccc3c2n1.[Ir+3]. The summed E-state index contributed by atoms with van der Waals surface area (Å²) in [6.07, 6.45) is 0. The van der Waals surface area contributed by atoms with Gasteiger partial charge in [0.2, 0.25) is 0 Å². The molecule has 10 heteroatoms. The number of rotatable bonds is 3. The Labute approximate surface area is 309 Å². The maximum absolute atomic E-state index is 10.8. The fraction of sp³-hybridized carbons (Fsp3) is 0. The molecule has 9 nitrogen and oxygen atoms in total. The van der Waals surface area contributed by atoms with Gasteiger partial charge in [-0.3, -0.25) is 0 Å². The summed E-state index contributed by atoms with van der Waals surface area (Å²) in [6, 6.07) is 44.7. The van der Waals surface area contributed by atoms with E-state index in [4.69, 9.17) is 0 Å². The molecule has 0 atom stereocenters. The molecule has 3 aromatic heterocycles. The van der Waals surface area contributed by atoms with Gasteiger partial charge in [0.25, 0.3) is 0 Å². The van der Waals surface area contributed by atoms with Crippen LogP contribution in [0.2, 0.25) is 0 Å². The van der Waals surface area contributed by atoms with E-state index >= 15 is 0 Å². The number of carboxylic acids is 3. The number of nitrogens with zero attached hydrogens (tertiary/aromatic N) is 3. The van der Waals surface area contributed by atoms with Crippen LogP contribution in [0, 0.1) is 0 Å². The summed E-state index contributed by atoms with van der Waals surface area (Å²) < 4.78 is 0. The summed E-state index contributed by atoms with van der Waals surface area (Å²) >= 11 is 0. The molecule has 6 aromatic carbocycles. The maximum atomic E-state index is 10.8. The van der Waals surface area contributed by atoms with Crippen LogP contribution in [-0.4, -0.2) is 32.9 Å². The van der Waals surface area contributed by atoms with Gasteiger partial charge >= 0.3 is 20.1 Å². The van der Waals surface area contributed by atoms with Gasteiger partial charge in [0.05, 0.1) is 51.5 Å². The number of aromatic carboxylic acids is 3. The topological polar surface area (TPSA) is 159 Å². The Kier molecular flexibility index (Phi) is 10.2. The molecule has 0 aliphatic heterocycles. The van der Waals surface area contributed by atoms with Gasteiger partial charge in [-0.05, 0) is 34.4 Å². The van der Waals surface area contributed by atoms with Gasteiger partial charge in [0.1, 0.15) is 0 Å². The molecule has 9 rings (SSSR count). The Bertz CT molecular complexity index is 2520. The van der Waals surface area contributed by atoms with Gasteiger partial charge < -0.3 is 29.7 Å². The normalized spacial score (nSPS) is 10.6. The van der Waals surface area contributed by atoms with E-state index in [1.165, 1.54) is 18.2 Å². The molecule has 9 aromatic rings. The number of hydrogen-bond donors (Lipinski definition) is 0. The van der Waals surface area contributed by atoms with Crippen molar-refractivity contribution in [2.24, 2.45) is 0 Å². The summed E-state index contributed by atoms with van der Waals surface area (Å²) in [6.45, 7) is 0. The van der Waals surface area contributed by atoms with Crippen LogP contribution in [0.3, 0.4) is 0 Å². The van der Waals surface area contributed by atoms with Gasteiger partial charge in [-0.15, -0.1) is 0 Å². The van der Waals surface area contributed by atoms with Gasteiger partial charge in [0.15, 0.2) is 0 Å². The zero-order chi connectivity index (χ0) is 35.5. The molecule has 0 aliphatic rings. The molecule has 52 heavy (non-hydrogen) atoms. The molecular weight excluding hydrogens is 835 g/mol. The number of carboxylic acid groups (broad SMARTS) is 3. The van der Waals surface area contributed by atoms with Crippen molar-refractivity contribution in [1.29, 1.82) is 0 Å². The third-order valence-electron chi connectivity index (χ3n) is 8.38. The Morgan fingerprint density at radius 3 is 0.827 bits per heavy atom. The first-order chi connectivity index (χ1) is 24.8. The second-order valence-electron chi connectivity index (χ2n) is 11.5. The minimum absolute atomic E-state index is 0. The van der Waals surface area contributed by atoms with Crippen molar-refractivity contribution in [2.75, 3.05) is 0 Å². The van der Waals surface area contributed by atoms with Crippen LogP contribution < -0.4 is 15.3 Å². The Balaban J connectivity index is 0.000000133. The summed E-state index contributed by atoms with van der Waals surface area (Å²) in [5.41, 5.74) is 2.00. The summed E-state index contributed by atoms with van der Waals surface area (Å²) in [7, 11) is 0. The maximum Gasteiger partial charge on any atom is 3.00 e. The van der Waals surface area contributed by atoms with Gasteiger partial charge in [-0.25, -0.2) is 15.0 Å². The van der Waals surface area contributed by atoms with Crippen LogP contribution in [0.1, 0.15) is 31.5 Å². The van der Waals surface area contributed by atoms with Crippen molar-refractivity contribution in [3.63, 3.8) is 0 Å². The molecule has 0 saturated carbocycles. The van der Waals surface area contributed by atoms with E-state index in [9.17, 15) is 29.7 Å². The molecule has 0 spiro atoms. The molecular formula is C42H24IrN3O6. The predicted octanol–water partition coefficient (Wildman–Crippen LogP) is 5.25. The summed E-state index contributed by atoms with van der Waals surface area (Å²) in [5.74, 6) is -3.75. The molecule has 0 saturated heterocycles. The minimum Gasteiger partial charge on any atom is -0.543 e. The Morgan fingerprint density at radius 1 is 0.327 bits per heavy atom. The number of pyridine rings is 3. The van der Waals surface area contributed by atoms with Crippen LogP contribution in [-0.2, 0) is 20.1 Å². The van der Waals surface area contributed by atoms with Crippen LogP contribution in [0.15, 0.2) is 146 Å². The summed E-state index contributed by atoms with van der Waals surface area (Å²) in [5, 5.41) is 41.2. The number of carbonyl (C=O) groups is 3. The fourth-order valence-electron chi connectivity index (χ4n) is 5.91. The first kappa shape index (κ1) is 35.2. The second-order valence-corrected chi connectivity index (χ2v) is 11.5. The monoisotopic (exact) mass is 859 g/mol. The van der Waals surface area contributed by atoms with E-state index in [0.717, 1.165) is 48.5 Å². The van der Waals surface area contributed by atoms with Gasteiger partial charge in [0, 0.05) is 32.3 Å². The molecule has 0 bridgehead atoms. The molecule has 0 radical (unpaired) electrons. The first-order valence-electron chi connectivity index (χ1n) is 15.8. The van der Waals surface area contributed by atoms with Crippen LogP contribution in [0.5, 0.6) is 0 Å². The van der Waals surface area contributed by atoms with Crippen molar-refractivity contribution >= 4 is 82.9 Å². The average molecular weight is 859 g/mol. The largest absolute Gasteiger partial charge is 3.00 e. The van der Waals surface area contributed by atoms with E-state index in [-0.39, 0.29) is 37.2 Å². The molecule has 0 aliphatic carbocycles. The fourth-order valence-corrected chi connectivity index (χ4v) is 5.91. The molecule has 0 N–H and O–H groups in total. The van der Waals surface area contributed by atoms with Crippen molar-refractivity contribution < 1.29 is 49.8 Å². The van der Waals surface area contributed by atoms with Crippen molar-refractivity contribution in [2.45, 2.75) is 0 Å². The Hall–Kier alpha value is -6.61. The average Bonchev–Trinajstić information content (AvgIpc) is 3.17. The first-order valence-corrected chi connectivity index (χ1v) is 15.8. The van der Waals surface area contributed by atoms with Crippen molar-refractivity contribution in [3.05, 3.63) is 163 Å². The van der Waals surface area contributed by atoms with E-state index in [0.29, 0.717) is 16.6 Å². The second kappa shape index (κ2) is 15.1. The molecule has 252 valence electrons. The molecule has 3 heterocycles. The summed E-state index contributed by atoms with van der Waals surface area (Å²) in [4.78, 5) is 44.8.